The molecule has 0 bridgehead atoms. The molecule has 8 nitrogen and oxygen atoms in total. The van der Waals surface area contributed by atoms with Crippen LogP contribution in [0.4, 0.5) is 0 Å². The van der Waals surface area contributed by atoms with E-state index in [1.165, 1.54) is 11.8 Å². The van der Waals surface area contributed by atoms with Gasteiger partial charge in [-0.1, -0.05) is 49.0 Å². The van der Waals surface area contributed by atoms with Crippen molar-refractivity contribution in [3.63, 3.8) is 0 Å². The van der Waals surface area contributed by atoms with E-state index in [9.17, 15) is 19.2 Å². The van der Waals surface area contributed by atoms with Gasteiger partial charge in [-0.3, -0.25) is 19.2 Å². The van der Waals surface area contributed by atoms with Crippen LogP contribution < -0.4 is 4.74 Å². The molecule has 1 aliphatic heterocycles. The summed E-state index contributed by atoms with van der Waals surface area (Å²) in [5, 5.41) is 0. The minimum atomic E-state index is -0.524. The highest BCUT2D eigenvalue weighted by Crippen LogP contribution is 2.14. The SMILES string of the molecule is C=C1CC(=O)O1.COc1ccc(CN(CC(=O)OCc2ccccc2)C(=O)CC(C)=O)cc1. The van der Waals surface area contributed by atoms with E-state index in [1.54, 1.807) is 19.2 Å². The minimum absolute atomic E-state index is 0.136. The Bertz CT molecular complexity index is 962. The average molecular weight is 453 g/mol. The fraction of sp³-hybridized carbons (Fsp3) is 0.280. The molecule has 8 heteroatoms. The molecule has 1 heterocycles. The van der Waals surface area contributed by atoms with Crippen LogP contribution in [-0.2, 0) is 41.8 Å². The summed E-state index contributed by atoms with van der Waals surface area (Å²) in [6, 6.07) is 16.5. The Morgan fingerprint density at radius 2 is 1.67 bits per heavy atom. The second-order valence-electron chi connectivity index (χ2n) is 7.31. The highest BCUT2D eigenvalue weighted by Gasteiger charge is 2.20. The van der Waals surface area contributed by atoms with Gasteiger partial charge in [-0.15, -0.1) is 0 Å². The summed E-state index contributed by atoms with van der Waals surface area (Å²) < 4.78 is 14.7. The lowest BCUT2D eigenvalue weighted by molar-refractivity contribution is -0.151. The fourth-order valence-corrected chi connectivity index (χ4v) is 2.76. The summed E-state index contributed by atoms with van der Waals surface area (Å²) in [6.45, 7) is 4.84. The standard InChI is InChI=1S/C21H23NO5.C4H4O2/c1-16(23)12-20(24)22(13-17-8-10-19(26-2)11-9-17)14-21(25)27-15-18-6-4-3-5-7-18;1-3-2-4(5)6-3/h3-11H,12-15H2,1-2H3;1-2H2. The summed E-state index contributed by atoms with van der Waals surface area (Å²) in [5.41, 5.74) is 1.69. The fourth-order valence-electron chi connectivity index (χ4n) is 2.76. The lowest BCUT2D eigenvalue weighted by Crippen LogP contribution is -2.36. The predicted octanol–water partition coefficient (Wildman–Crippen LogP) is 3.19. The van der Waals surface area contributed by atoms with Gasteiger partial charge in [0.05, 0.1) is 13.5 Å². The van der Waals surface area contributed by atoms with E-state index >= 15 is 0 Å². The molecule has 0 unspecified atom stereocenters. The quantitative estimate of drug-likeness (QED) is 0.425. The molecule has 0 aliphatic carbocycles. The Kier molecular flexibility index (Phi) is 9.82. The maximum Gasteiger partial charge on any atom is 0.325 e. The van der Waals surface area contributed by atoms with Crippen LogP contribution >= 0.6 is 0 Å². The van der Waals surface area contributed by atoms with E-state index in [0.717, 1.165) is 11.1 Å². The molecule has 1 amide bonds. The van der Waals surface area contributed by atoms with Gasteiger partial charge in [0.1, 0.15) is 36.9 Å². The van der Waals surface area contributed by atoms with E-state index in [0.29, 0.717) is 17.9 Å². The molecule has 33 heavy (non-hydrogen) atoms. The lowest BCUT2D eigenvalue weighted by atomic mass is 10.2. The zero-order chi connectivity index (χ0) is 24.2. The number of nitrogens with zero attached hydrogens (tertiary/aromatic N) is 1. The maximum atomic E-state index is 12.4. The van der Waals surface area contributed by atoms with Gasteiger partial charge < -0.3 is 19.1 Å². The number of esters is 2. The monoisotopic (exact) mass is 453 g/mol. The molecule has 174 valence electrons. The third-order valence-corrected chi connectivity index (χ3v) is 4.45. The number of Topliss-reactive ketones (excluding diaryl/α,β-unsaturated/α-hetero) is 1. The smallest absolute Gasteiger partial charge is 0.325 e. The van der Waals surface area contributed by atoms with Gasteiger partial charge in [0.15, 0.2) is 0 Å². The summed E-state index contributed by atoms with van der Waals surface area (Å²) in [4.78, 5) is 47.0. The van der Waals surface area contributed by atoms with Gasteiger partial charge in [-0.25, -0.2) is 0 Å². The number of ether oxygens (including phenoxy) is 3. The van der Waals surface area contributed by atoms with Crippen LogP contribution in [0, 0.1) is 0 Å². The molecule has 0 N–H and O–H groups in total. The molecule has 0 saturated carbocycles. The number of hydrogen-bond donors (Lipinski definition) is 0. The van der Waals surface area contributed by atoms with Crippen molar-refractivity contribution in [2.75, 3.05) is 13.7 Å². The van der Waals surface area contributed by atoms with Gasteiger partial charge in [-0.2, -0.15) is 0 Å². The number of benzene rings is 2. The van der Waals surface area contributed by atoms with Crippen molar-refractivity contribution < 1.29 is 33.4 Å². The summed E-state index contributed by atoms with van der Waals surface area (Å²) in [7, 11) is 1.57. The highest BCUT2D eigenvalue weighted by molar-refractivity contribution is 5.97. The summed E-state index contributed by atoms with van der Waals surface area (Å²) in [5.74, 6) is -0.0701. The van der Waals surface area contributed by atoms with E-state index in [-0.39, 0.29) is 37.9 Å². The van der Waals surface area contributed by atoms with Crippen LogP contribution in [0.15, 0.2) is 66.9 Å². The number of carbonyl (C=O) groups is 4. The third kappa shape index (κ3) is 9.39. The molecule has 2 aromatic rings. The topological polar surface area (TPSA) is 99.2 Å². The van der Waals surface area contributed by atoms with Crippen molar-refractivity contribution in [2.45, 2.75) is 32.9 Å². The van der Waals surface area contributed by atoms with Crippen molar-refractivity contribution in [2.24, 2.45) is 0 Å². The molecule has 3 rings (SSSR count). The Labute approximate surface area is 192 Å². The van der Waals surface area contributed by atoms with E-state index in [1.807, 2.05) is 42.5 Å². The summed E-state index contributed by atoms with van der Waals surface area (Å²) >= 11 is 0. The second kappa shape index (κ2) is 12.8. The van der Waals surface area contributed by atoms with Gasteiger partial charge in [-0.05, 0) is 30.2 Å². The van der Waals surface area contributed by atoms with Crippen molar-refractivity contribution in [3.05, 3.63) is 78.1 Å². The van der Waals surface area contributed by atoms with Crippen LogP contribution in [0.1, 0.15) is 30.9 Å². The molecule has 1 saturated heterocycles. The molecule has 1 fully saturated rings. The number of hydrogen-bond acceptors (Lipinski definition) is 7. The largest absolute Gasteiger partial charge is 0.497 e. The van der Waals surface area contributed by atoms with E-state index in [2.05, 4.69) is 11.3 Å². The van der Waals surface area contributed by atoms with E-state index < -0.39 is 11.9 Å². The molecule has 0 aromatic heterocycles. The zero-order valence-electron chi connectivity index (χ0n) is 18.7. The van der Waals surface area contributed by atoms with Crippen molar-refractivity contribution in [3.8, 4) is 5.75 Å². The van der Waals surface area contributed by atoms with Crippen LogP contribution in [0.2, 0.25) is 0 Å². The predicted molar refractivity (Wildman–Crippen MR) is 120 cm³/mol. The van der Waals surface area contributed by atoms with Gasteiger partial charge in [0.2, 0.25) is 5.91 Å². The zero-order valence-corrected chi connectivity index (χ0v) is 18.7. The summed E-state index contributed by atoms with van der Waals surface area (Å²) in [6.07, 6.45) is 0.169. The van der Waals surface area contributed by atoms with Crippen molar-refractivity contribution in [1.29, 1.82) is 0 Å². The van der Waals surface area contributed by atoms with Crippen molar-refractivity contribution >= 4 is 23.6 Å². The van der Waals surface area contributed by atoms with Gasteiger partial charge in [0.25, 0.3) is 0 Å². The van der Waals surface area contributed by atoms with Crippen LogP contribution in [0.5, 0.6) is 5.75 Å². The Balaban J connectivity index is 0.000000554. The molecule has 1 aliphatic rings. The molecule has 0 radical (unpaired) electrons. The normalized spacial score (nSPS) is 11.8. The number of cyclic esters (lactones) is 1. The Morgan fingerprint density at radius 3 is 2.15 bits per heavy atom. The average Bonchev–Trinajstić information content (AvgIpc) is 2.77. The number of rotatable bonds is 9. The first-order valence-corrected chi connectivity index (χ1v) is 10.2. The lowest BCUT2D eigenvalue weighted by Gasteiger charge is -2.21. The first-order chi connectivity index (χ1) is 15.8. The van der Waals surface area contributed by atoms with Crippen LogP contribution in [-0.4, -0.2) is 42.2 Å². The van der Waals surface area contributed by atoms with Crippen LogP contribution in [0.3, 0.4) is 0 Å². The van der Waals surface area contributed by atoms with Gasteiger partial charge >= 0.3 is 11.9 Å². The number of amides is 1. The van der Waals surface area contributed by atoms with Crippen molar-refractivity contribution in [1.82, 2.24) is 4.90 Å². The third-order valence-electron chi connectivity index (χ3n) is 4.45. The minimum Gasteiger partial charge on any atom is -0.497 e. The van der Waals surface area contributed by atoms with Gasteiger partial charge in [0, 0.05) is 6.54 Å². The van der Waals surface area contributed by atoms with E-state index in [4.69, 9.17) is 9.47 Å². The number of methoxy groups -OCH3 is 1. The first kappa shape index (κ1) is 25.3. The molecule has 0 atom stereocenters. The van der Waals surface area contributed by atoms with Crippen LogP contribution in [0.25, 0.3) is 0 Å². The highest BCUT2D eigenvalue weighted by atomic mass is 16.6. The molecule has 2 aromatic carbocycles. The first-order valence-electron chi connectivity index (χ1n) is 10.2. The molecule has 0 spiro atoms. The number of ketones is 1. The molecular formula is C25H27NO7. The molecular weight excluding hydrogens is 426 g/mol. The Morgan fingerprint density at radius 1 is 1.03 bits per heavy atom. The Hall–Kier alpha value is -3.94. The maximum absolute atomic E-state index is 12.4. The number of carbonyl (C=O) groups excluding carboxylic acids is 4. The second-order valence-corrected chi connectivity index (χ2v) is 7.31.